The van der Waals surface area contributed by atoms with E-state index in [2.05, 4.69) is 5.32 Å². The molecule has 0 aromatic heterocycles. The Labute approximate surface area is 80.9 Å². The van der Waals surface area contributed by atoms with Crippen molar-refractivity contribution >= 4 is 0 Å². The van der Waals surface area contributed by atoms with Crippen LogP contribution in [0.4, 0.5) is 8.78 Å². The smallest absolute Gasteiger partial charge is 0.167 e. The monoisotopic (exact) mass is 199 g/mol. The molecule has 2 rings (SSSR count). The molecule has 0 spiro atoms. The van der Waals surface area contributed by atoms with Crippen LogP contribution >= 0.6 is 0 Å². The van der Waals surface area contributed by atoms with Crippen molar-refractivity contribution in [2.24, 2.45) is 0 Å². The number of nitrogens with one attached hydrogen (secondary N) is 1. The number of benzene rings is 1. The van der Waals surface area contributed by atoms with Crippen LogP contribution in [0.25, 0.3) is 0 Å². The van der Waals surface area contributed by atoms with Crippen LogP contribution in [0.3, 0.4) is 0 Å². The Morgan fingerprint density at radius 3 is 2.86 bits per heavy atom. The lowest BCUT2D eigenvalue weighted by molar-refractivity contribution is 0.212. The van der Waals surface area contributed by atoms with Gasteiger partial charge in [0.15, 0.2) is 11.6 Å². The average Bonchev–Trinajstić information content (AvgIpc) is 2.62. The van der Waals surface area contributed by atoms with E-state index in [1.807, 2.05) is 0 Å². The summed E-state index contributed by atoms with van der Waals surface area (Å²) < 4.78 is 31.0. The number of ether oxygens (including phenoxy) is 1. The summed E-state index contributed by atoms with van der Waals surface area (Å²) in [6, 6.07) is 3.35. The highest BCUT2D eigenvalue weighted by molar-refractivity contribution is 5.25. The molecule has 1 atom stereocenters. The third-order valence-corrected chi connectivity index (χ3v) is 2.20. The molecule has 0 saturated carbocycles. The van der Waals surface area contributed by atoms with Gasteiger partial charge in [-0.25, -0.2) is 8.78 Å². The maximum atomic E-state index is 13.1. The van der Waals surface area contributed by atoms with Crippen LogP contribution in [-0.4, -0.2) is 19.2 Å². The standard InChI is InChI=1S/C10H11F2NO/c11-7-1-2-10(9(12)5-7)14-8-3-4-13-6-8/h1-2,5,8,13H,3-4,6H2. The summed E-state index contributed by atoms with van der Waals surface area (Å²) in [6.07, 6.45) is 0.853. The molecule has 1 aliphatic heterocycles. The predicted octanol–water partition coefficient (Wildman–Crippen LogP) is 1.71. The Morgan fingerprint density at radius 2 is 2.21 bits per heavy atom. The zero-order valence-corrected chi connectivity index (χ0v) is 7.59. The molecule has 0 amide bonds. The van der Waals surface area contributed by atoms with Crippen molar-refractivity contribution in [1.82, 2.24) is 5.32 Å². The highest BCUT2D eigenvalue weighted by Gasteiger charge is 2.17. The summed E-state index contributed by atoms with van der Waals surface area (Å²) >= 11 is 0. The van der Waals surface area contributed by atoms with E-state index in [9.17, 15) is 8.78 Å². The minimum atomic E-state index is -0.642. The fourth-order valence-corrected chi connectivity index (χ4v) is 1.48. The van der Waals surface area contributed by atoms with Gasteiger partial charge in [0.1, 0.15) is 11.9 Å². The van der Waals surface area contributed by atoms with E-state index in [0.29, 0.717) is 0 Å². The molecule has 14 heavy (non-hydrogen) atoms. The van der Waals surface area contributed by atoms with Gasteiger partial charge in [-0.2, -0.15) is 0 Å². The second kappa shape index (κ2) is 3.92. The summed E-state index contributed by atoms with van der Waals surface area (Å²) in [5.74, 6) is -1.10. The van der Waals surface area contributed by atoms with Gasteiger partial charge in [0.2, 0.25) is 0 Å². The van der Waals surface area contributed by atoms with Crippen LogP contribution in [0.2, 0.25) is 0 Å². The molecule has 1 fully saturated rings. The van der Waals surface area contributed by atoms with E-state index in [4.69, 9.17) is 4.74 Å². The highest BCUT2D eigenvalue weighted by Crippen LogP contribution is 2.20. The van der Waals surface area contributed by atoms with Crippen molar-refractivity contribution in [3.63, 3.8) is 0 Å². The van der Waals surface area contributed by atoms with Gasteiger partial charge in [-0.1, -0.05) is 0 Å². The lowest BCUT2D eigenvalue weighted by atomic mass is 10.3. The van der Waals surface area contributed by atoms with Crippen LogP contribution in [0.15, 0.2) is 18.2 Å². The molecule has 1 N–H and O–H groups in total. The van der Waals surface area contributed by atoms with E-state index < -0.39 is 11.6 Å². The van der Waals surface area contributed by atoms with Crippen molar-refractivity contribution < 1.29 is 13.5 Å². The molecule has 0 bridgehead atoms. The van der Waals surface area contributed by atoms with E-state index in [1.165, 1.54) is 12.1 Å². The summed E-state index contributed by atoms with van der Waals surface area (Å²) in [7, 11) is 0. The lowest BCUT2D eigenvalue weighted by Gasteiger charge is -2.12. The van der Waals surface area contributed by atoms with Crippen molar-refractivity contribution in [3.8, 4) is 5.75 Å². The number of halogens is 2. The van der Waals surface area contributed by atoms with Crippen LogP contribution in [0.1, 0.15) is 6.42 Å². The zero-order valence-electron chi connectivity index (χ0n) is 7.59. The maximum Gasteiger partial charge on any atom is 0.167 e. The minimum Gasteiger partial charge on any atom is -0.486 e. The van der Waals surface area contributed by atoms with Gasteiger partial charge in [-0.15, -0.1) is 0 Å². The number of hydrogen-bond donors (Lipinski definition) is 1. The second-order valence-electron chi connectivity index (χ2n) is 3.31. The Balaban J connectivity index is 2.08. The Kier molecular flexibility index (Phi) is 2.63. The molecule has 1 aromatic carbocycles. The second-order valence-corrected chi connectivity index (χ2v) is 3.31. The first-order chi connectivity index (χ1) is 6.75. The average molecular weight is 199 g/mol. The van der Waals surface area contributed by atoms with E-state index >= 15 is 0 Å². The summed E-state index contributed by atoms with van der Waals surface area (Å²) in [5, 5.41) is 3.10. The molecule has 1 aromatic rings. The first-order valence-electron chi connectivity index (χ1n) is 4.58. The molecule has 1 aliphatic rings. The lowest BCUT2D eigenvalue weighted by Crippen LogP contribution is -2.20. The van der Waals surface area contributed by atoms with Gasteiger partial charge in [0.05, 0.1) is 0 Å². The maximum absolute atomic E-state index is 13.1. The molecule has 0 radical (unpaired) electrons. The summed E-state index contributed by atoms with van der Waals surface area (Å²) in [5.41, 5.74) is 0. The molecule has 76 valence electrons. The van der Waals surface area contributed by atoms with Crippen LogP contribution < -0.4 is 10.1 Å². The normalized spacial score (nSPS) is 21.1. The van der Waals surface area contributed by atoms with Gasteiger partial charge in [-0.05, 0) is 25.1 Å². The SMILES string of the molecule is Fc1ccc(OC2CCNC2)c(F)c1. The molecular weight excluding hydrogens is 188 g/mol. The number of hydrogen-bond acceptors (Lipinski definition) is 2. The first-order valence-corrected chi connectivity index (χ1v) is 4.58. The Morgan fingerprint density at radius 1 is 1.36 bits per heavy atom. The third-order valence-electron chi connectivity index (χ3n) is 2.20. The van der Waals surface area contributed by atoms with Gasteiger partial charge in [0.25, 0.3) is 0 Å². The minimum absolute atomic E-state index is 0.00467. The third kappa shape index (κ3) is 2.01. The van der Waals surface area contributed by atoms with Crippen LogP contribution in [0, 0.1) is 11.6 Å². The largest absolute Gasteiger partial charge is 0.486 e. The molecule has 1 unspecified atom stereocenters. The zero-order chi connectivity index (χ0) is 9.97. The first kappa shape index (κ1) is 9.40. The van der Waals surface area contributed by atoms with E-state index in [0.717, 1.165) is 25.6 Å². The fraction of sp³-hybridized carbons (Fsp3) is 0.400. The van der Waals surface area contributed by atoms with Gasteiger partial charge in [0, 0.05) is 12.6 Å². The van der Waals surface area contributed by atoms with Crippen LogP contribution in [0.5, 0.6) is 5.75 Å². The van der Waals surface area contributed by atoms with Gasteiger partial charge < -0.3 is 10.1 Å². The van der Waals surface area contributed by atoms with Crippen LogP contribution in [-0.2, 0) is 0 Å². The molecule has 1 saturated heterocycles. The Hall–Kier alpha value is -1.16. The number of rotatable bonds is 2. The molecular formula is C10H11F2NO. The molecule has 1 heterocycles. The van der Waals surface area contributed by atoms with Crippen molar-refractivity contribution in [3.05, 3.63) is 29.8 Å². The van der Waals surface area contributed by atoms with Crippen molar-refractivity contribution in [1.29, 1.82) is 0 Å². The predicted molar refractivity (Wildman–Crippen MR) is 48.3 cm³/mol. The highest BCUT2D eigenvalue weighted by atomic mass is 19.1. The summed E-state index contributed by atoms with van der Waals surface area (Å²) in [4.78, 5) is 0. The topological polar surface area (TPSA) is 21.3 Å². The van der Waals surface area contributed by atoms with E-state index in [1.54, 1.807) is 0 Å². The van der Waals surface area contributed by atoms with Gasteiger partial charge >= 0.3 is 0 Å². The van der Waals surface area contributed by atoms with Gasteiger partial charge in [-0.3, -0.25) is 0 Å². The summed E-state index contributed by atoms with van der Waals surface area (Å²) in [6.45, 7) is 1.60. The van der Waals surface area contributed by atoms with E-state index in [-0.39, 0.29) is 11.9 Å². The molecule has 2 nitrogen and oxygen atoms in total. The molecule has 0 aliphatic carbocycles. The van der Waals surface area contributed by atoms with Crippen molar-refractivity contribution in [2.45, 2.75) is 12.5 Å². The fourth-order valence-electron chi connectivity index (χ4n) is 1.48. The van der Waals surface area contributed by atoms with Crippen molar-refractivity contribution in [2.75, 3.05) is 13.1 Å². The molecule has 4 heteroatoms. The quantitative estimate of drug-likeness (QED) is 0.782. The Bertz CT molecular complexity index is 324.